The summed E-state index contributed by atoms with van der Waals surface area (Å²) >= 11 is 3.48. The van der Waals surface area contributed by atoms with Gasteiger partial charge in [0.15, 0.2) is 5.84 Å². The quantitative estimate of drug-likeness (QED) is 0.381. The zero-order chi connectivity index (χ0) is 14.7. The maximum Gasteiger partial charge on any atom is 0.172 e. The van der Waals surface area contributed by atoms with Gasteiger partial charge in [-0.3, -0.25) is 0 Å². The van der Waals surface area contributed by atoms with Crippen molar-refractivity contribution in [2.24, 2.45) is 10.9 Å². The van der Waals surface area contributed by atoms with E-state index in [0.717, 1.165) is 28.8 Å². The van der Waals surface area contributed by atoms with Gasteiger partial charge in [-0.15, -0.1) is 0 Å². The maximum absolute atomic E-state index is 8.91. The molecule has 1 heterocycles. The van der Waals surface area contributed by atoms with E-state index in [9.17, 15) is 0 Å². The van der Waals surface area contributed by atoms with Gasteiger partial charge in [0.05, 0.1) is 0 Å². The largest absolute Gasteiger partial charge is 0.409 e. The van der Waals surface area contributed by atoms with Gasteiger partial charge in [-0.05, 0) is 44.6 Å². The number of anilines is 1. The van der Waals surface area contributed by atoms with Gasteiger partial charge in [0.1, 0.15) is 0 Å². The average Bonchev–Trinajstić information content (AvgIpc) is 2.83. The summed E-state index contributed by atoms with van der Waals surface area (Å²) in [7, 11) is 4.21. The first-order valence-corrected chi connectivity index (χ1v) is 7.51. The molecule has 1 unspecified atom stereocenters. The minimum absolute atomic E-state index is 0.138. The zero-order valence-corrected chi connectivity index (χ0v) is 13.5. The summed E-state index contributed by atoms with van der Waals surface area (Å²) in [6.45, 7) is 2.09. The second-order valence-electron chi connectivity index (χ2n) is 5.30. The predicted octanol–water partition coefficient (Wildman–Crippen LogP) is 2.07. The van der Waals surface area contributed by atoms with E-state index in [4.69, 9.17) is 10.9 Å². The van der Waals surface area contributed by atoms with Crippen molar-refractivity contribution in [2.45, 2.75) is 18.9 Å². The van der Waals surface area contributed by atoms with Crippen molar-refractivity contribution in [1.82, 2.24) is 4.90 Å². The minimum Gasteiger partial charge on any atom is -0.409 e. The van der Waals surface area contributed by atoms with Crippen LogP contribution in [-0.2, 0) is 0 Å². The summed E-state index contributed by atoms with van der Waals surface area (Å²) in [5.74, 6) is 0.138. The Hall–Kier alpha value is -1.27. The molecular formula is C14H21BrN4O. The van der Waals surface area contributed by atoms with Gasteiger partial charge in [0, 0.05) is 35.4 Å². The molecule has 0 aromatic heterocycles. The summed E-state index contributed by atoms with van der Waals surface area (Å²) < 4.78 is 0.980. The van der Waals surface area contributed by atoms with Crippen LogP contribution in [-0.4, -0.2) is 49.2 Å². The number of amidine groups is 1. The Balaban J connectivity index is 2.23. The molecule has 110 valence electrons. The molecule has 0 radical (unpaired) electrons. The number of likely N-dealkylation sites (N-methyl/N-ethyl adjacent to an activating group) is 2. The van der Waals surface area contributed by atoms with Gasteiger partial charge >= 0.3 is 0 Å². The van der Waals surface area contributed by atoms with E-state index in [1.165, 1.54) is 12.8 Å². The van der Waals surface area contributed by atoms with Crippen LogP contribution in [0.4, 0.5) is 5.69 Å². The molecule has 6 heteroatoms. The summed E-state index contributed by atoms with van der Waals surface area (Å²) in [4.78, 5) is 4.56. The van der Waals surface area contributed by atoms with Gasteiger partial charge in [0.2, 0.25) is 0 Å². The Morgan fingerprint density at radius 1 is 1.60 bits per heavy atom. The number of rotatable bonds is 4. The van der Waals surface area contributed by atoms with Crippen LogP contribution in [0.2, 0.25) is 0 Å². The first kappa shape index (κ1) is 15.1. The summed E-state index contributed by atoms with van der Waals surface area (Å²) in [5, 5.41) is 12.0. The standard InChI is InChI=1S/C14H21BrN4O/c1-18-7-3-4-11(18)9-19(2)13-8-10(15)5-6-12(13)14(16)17-20/h5-6,8,11,20H,3-4,7,9H2,1-2H3,(H2,16,17). The molecule has 1 aliphatic heterocycles. The van der Waals surface area contributed by atoms with Crippen molar-refractivity contribution < 1.29 is 5.21 Å². The fraction of sp³-hybridized carbons (Fsp3) is 0.500. The van der Waals surface area contributed by atoms with Crippen molar-refractivity contribution in [3.8, 4) is 0 Å². The fourth-order valence-corrected chi connectivity index (χ4v) is 3.06. The Bertz CT molecular complexity index is 506. The Kier molecular flexibility index (Phi) is 4.88. The first-order chi connectivity index (χ1) is 9.52. The molecule has 0 bridgehead atoms. The van der Waals surface area contributed by atoms with Gasteiger partial charge in [-0.1, -0.05) is 21.1 Å². The van der Waals surface area contributed by atoms with Crippen molar-refractivity contribution in [3.63, 3.8) is 0 Å². The maximum atomic E-state index is 8.91. The Morgan fingerprint density at radius 2 is 2.35 bits per heavy atom. The van der Waals surface area contributed by atoms with Crippen molar-refractivity contribution in [1.29, 1.82) is 0 Å². The number of hydrogen-bond acceptors (Lipinski definition) is 4. The smallest absolute Gasteiger partial charge is 0.172 e. The second kappa shape index (κ2) is 6.45. The molecule has 0 aliphatic carbocycles. The molecular weight excluding hydrogens is 320 g/mol. The van der Waals surface area contributed by atoms with Crippen LogP contribution in [0.15, 0.2) is 27.8 Å². The van der Waals surface area contributed by atoms with Crippen LogP contribution in [0.25, 0.3) is 0 Å². The van der Waals surface area contributed by atoms with Crippen molar-refractivity contribution in [3.05, 3.63) is 28.2 Å². The molecule has 1 saturated heterocycles. The Morgan fingerprint density at radius 3 is 2.95 bits per heavy atom. The van der Waals surface area contributed by atoms with E-state index in [-0.39, 0.29) is 5.84 Å². The highest BCUT2D eigenvalue weighted by Crippen LogP contribution is 2.26. The molecule has 1 aromatic rings. The first-order valence-electron chi connectivity index (χ1n) is 6.71. The summed E-state index contributed by atoms with van der Waals surface area (Å²) in [6.07, 6.45) is 2.47. The summed E-state index contributed by atoms with van der Waals surface area (Å²) in [6, 6.07) is 6.32. The van der Waals surface area contributed by atoms with Crippen LogP contribution in [0.1, 0.15) is 18.4 Å². The SMILES string of the molecule is CN(CC1CCCN1C)c1cc(Br)ccc1/C(N)=N/O. The molecule has 0 amide bonds. The monoisotopic (exact) mass is 340 g/mol. The van der Waals surface area contributed by atoms with Crippen LogP contribution < -0.4 is 10.6 Å². The van der Waals surface area contributed by atoms with Crippen LogP contribution >= 0.6 is 15.9 Å². The molecule has 1 aromatic carbocycles. The molecule has 1 atom stereocenters. The second-order valence-corrected chi connectivity index (χ2v) is 6.22. The molecule has 2 rings (SSSR count). The van der Waals surface area contributed by atoms with Crippen molar-refractivity contribution in [2.75, 3.05) is 32.1 Å². The van der Waals surface area contributed by atoms with Gasteiger partial charge in [0.25, 0.3) is 0 Å². The highest BCUT2D eigenvalue weighted by molar-refractivity contribution is 9.10. The molecule has 0 saturated carbocycles. The van der Waals surface area contributed by atoms with E-state index >= 15 is 0 Å². The number of oxime groups is 1. The molecule has 5 nitrogen and oxygen atoms in total. The highest BCUT2D eigenvalue weighted by Gasteiger charge is 2.23. The molecule has 1 aliphatic rings. The number of nitrogens with two attached hydrogens (primary N) is 1. The van der Waals surface area contributed by atoms with Gasteiger partial charge in [-0.2, -0.15) is 0 Å². The number of halogens is 1. The summed E-state index contributed by atoms with van der Waals surface area (Å²) in [5.41, 5.74) is 7.48. The molecule has 20 heavy (non-hydrogen) atoms. The zero-order valence-electron chi connectivity index (χ0n) is 11.9. The normalized spacial score (nSPS) is 20.4. The molecule has 3 N–H and O–H groups in total. The van der Waals surface area contributed by atoms with E-state index in [1.807, 2.05) is 25.2 Å². The highest BCUT2D eigenvalue weighted by atomic mass is 79.9. The third kappa shape index (κ3) is 3.24. The average molecular weight is 341 g/mol. The molecule has 0 spiro atoms. The lowest BCUT2D eigenvalue weighted by molar-refractivity contribution is 0.314. The fourth-order valence-electron chi connectivity index (χ4n) is 2.72. The van der Waals surface area contributed by atoms with Crippen LogP contribution in [0.5, 0.6) is 0 Å². The van der Waals surface area contributed by atoms with Crippen LogP contribution in [0, 0.1) is 0 Å². The number of likely N-dealkylation sites (tertiary alicyclic amines) is 1. The molecule has 1 fully saturated rings. The van der Waals surface area contributed by atoms with E-state index in [0.29, 0.717) is 6.04 Å². The lowest BCUT2D eigenvalue weighted by Crippen LogP contribution is -2.37. The third-order valence-electron chi connectivity index (χ3n) is 3.91. The topological polar surface area (TPSA) is 65.1 Å². The lowest BCUT2D eigenvalue weighted by Gasteiger charge is -2.28. The predicted molar refractivity (Wildman–Crippen MR) is 85.6 cm³/mol. The van der Waals surface area contributed by atoms with E-state index in [2.05, 4.69) is 37.9 Å². The minimum atomic E-state index is 0.138. The van der Waals surface area contributed by atoms with Gasteiger partial charge in [-0.25, -0.2) is 0 Å². The Labute approximate surface area is 128 Å². The number of benzene rings is 1. The number of hydrogen-bond donors (Lipinski definition) is 2. The number of nitrogens with zero attached hydrogens (tertiary/aromatic N) is 3. The lowest BCUT2D eigenvalue weighted by atomic mass is 10.1. The van der Waals surface area contributed by atoms with Crippen molar-refractivity contribution >= 4 is 27.5 Å². The van der Waals surface area contributed by atoms with Crippen LogP contribution in [0.3, 0.4) is 0 Å². The van der Waals surface area contributed by atoms with Gasteiger partial charge < -0.3 is 20.7 Å². The van der Waals surface area contributed by atoms with E-state index in [1.54, 1.807) is 0 Å². The van der Waals surface area contributed by atoms with E-state index < -0.39 is 0 Å². The third-order valence-corrected chi connectivity index (χ3v) is 4.40.